The van der Waals surface area contributed by atoms with E-state index in [1.54, 1.807) is 11.3 Å². The third-order valence-electron chi connectivity index (χ3n) is 3.77. The Morgan fingerprint density at radius 3 is 2.35 bits per heavy atom. The number of carbonyl (C=O) groups excluding carboxylic acids is 1. The van der Waals surface area contributed by atoms with Crippen LogP contribution in [0.15, 0.2) is 7.57 Å². The summed E-state index contributed by atoms with van der Waals surface area (Å²) in [6.45, 7) is 4.00. The molecule has 1 aliphatic heterocycles. The Morgan fingerprint density at radius 2 is 1.90 bits per heavy atom. The lowest BCUT2D eigenvalue weighted by Gasteiger charge is -2.43. The summed E-state index contributed by atoms with van der Waals surface area (Å²) in [5.41, 5.74) is 1.55. The molecule has 0 spiro atoms. The van der Waals surface area contributed by atoms with Crippen molar-refractivity contribution >= 4 is 49.2 Å². The van der Waals surface area contributed by atoms with Crippen molar-refractivity contribution in [3.63, 3.8) is 0 Å². The van der Waals surface area contributed by atoms with Crippen molar-refractivity contribution in [2.24, 2.45) is 5.41 Å². The molecule has 1 aromatic rings. The van der Waals surface area contributed by atoms with Crippen LogP contribution in [-0.4, -0.2) is 25.2 Å². The third-order valence-corrected chi connectivity index (χ3v) is 6.55. The first-order chi connectivity index (χ1) is 9.48. The third kappa shape index (κ3) is 2.18. The number of ether oxygens (including phenoxy) is 3. The second kappa shape index (κ2) is 5.35. The summed E-state index contributed by atoms with van der Waals surface area (Å²) in [5.74, 6) is -0.239. The topological polar surface area (TPSA) is 44.8 Å². The van der Waals surface area contributed by atoms with Crippen LogP contribution < -0.4 is 0 Å². The maximum Gasteiger partial charge on any atom is 0.317 e. The zero-order valence-electron chi connectivity index (χ0n) is 11.1. The summed E-state index contributed by atoms with van der Waals surface area (Å²) in [6.07, 6.45) is 0.395. The van der Waals surface area contributed by atoms with Crippen LogP contribution in [0, 0.1) is 5.41 Å². The zero-order valence-corrected chi connectivity index (χ0v) is 15.1. The minimum atomic E-state index is -0.758. The van der Waals surface area contributed by atoms with Crippen molar-refractivity contribution in [3.05, 3.63) is 18.7 Å². The minimum Gasteiger partial charge on any atom is -0.465 e. The molecular weight excluding hydrogens is 412 g/mol. The van der Waals surface area contributed by atoms with Crippen LogP contribution in [0.25, 0.3) is 0 Å². The number of halogens is 2. The predicted octanol–water partition coefficient (Wildman–Crippen LogP) is 3.64. The number of carbonyl (C=O) groups is 1. The lowest BCUT2D eigenvalue weighted by molar-refractivity contribution is -0.405. The number of hydrogen-bond donors (Lipinski definition) is 0. The van der Waals surface area contributed by atoms with Crippen LogP contribution in [0.4, 0.5) is 0 Å². The van der Waals surface area contributed by atoms with E-state index in [0.717, 1.165) is 18.7 Å². The van der Waals surface area contributed by atoms with E-state index >= 15 is 0 Å². The molecule has 1 aromatic heterocycles. The van der Waals surface area contributed by atoms with E-state index in [9.17, 15) is 4.79 Å². The van der Waals surface area contributed by atoms with Gasteiger partial charge in [0.15, 0.2) is 12.6 Å². The van der Waals surface area contributed by atoms with E-state index in [4.69, 9.17) is 14.2 Å². The van der Waals surface area contributed by atoms with Gasteiger partial charge >= 0.3 is 5.97 Å². The molecule has 2 heterocycles. The van der Waals surface area contributed by atoms with E-state index in [1.807, 2.05) is 13.8 Å². The molecule has 0 amide bonds. The van der Waals surface area contributed by atoms with Crippen molar-refractivity contribution in [2.75, 3.05) is 6.61 Å². The summed E-state index contributed by atoms with van der Waals surface area (Å²) < 4.78 is 18.6. The standard InChI is InChI=1S/C13H14Br2O4S/c1-3-17-11(16)13(12-18-6(2)19-12)4-7-8(5-13)10(15)20-9(7)14/h6,12H,3-5H2,1-2H3. The number of thiophene rings is 1. The predicted molar refractivity (Wildman–Crippen MR) is 81.6 cm³/mol. The lowest BCUT2D eigenvalue weighted by atomic mass is 9.83. The average molecular weight is 426 g/mol. The van der Waals surface area contributed by atoms with Gasteiger partial charge < -0.3 is 14.2 Å². The van der Waals surface area contributed by atoms with Crippen LogP contribution in [0.1, 0.15) is 25.0 Å². The van der Waals surface area contributed by atoms with E-state index in [1.165, 1.54) is 0 Å². The summed E-state index contributed by atoms with van der Waals surface area (Å²) in [5, 5.41) is 0. The van der Waals surface area contributed by atoms with E-state index in [2.05, 4.69) is 31.9 Å². The van der Waals surface area contributed by atoms with Crippen molar-refractivity contribution in [3.8, 4) is 0 Å². The van der Waals surface area contributed by atoms with Gasteiger partial charge in [-0.1, -0.05) is 0 Å². The number of hydrogen-bond acceptors (Lipinski definition) is 5. The Hall–Kier alpha value is 0.0500. The highest BCUT2D eigenvalue weighted by Gasteiger charge is 2.58. The van der Waals surface area contributed by atoms with E-state index in [0.29, 0.717) is 19.4 Å². The smallest absolute Gasteiger partial charge is 0.317 e. The molecule has 0 N–H and O–H groups in total. The molecule has 0 bridgehead atoms. The van der Waals surface area contributed by atoms with Gasteiger partial charge in [-0.05, 0) is 69.7 Å². The van der Waals surface area contributed by atoms with Gasteiger partial charge in [0.2, 0.25) is 0 Å². The summed E-state index contributed by atoms with van der Waals surface area (Å²) >= 11 is 8.76. The second-order valence-electron chi connectivity index (χ2n) is 5.01. The molecular formula is C13H14Br2O4S. The van der Waals surface area contributed by atoms with Gasteiger partial charge in [-0.3, -0.25) is 4.79 Å². The van der Waals surface area contributed by atoms with Crippen LogP contribution in [0.3, 0.4) is 0 Å². The van der Waals surface area contributed by atoms with Gasteiger partial charge in [-0.2, -0.15) is 0 Å². The largest absolute Gasteiger partial charge is 0.465 e. The van der Waals surface area contributed by atoms with E-state index in [-0.39, 0.29) is 12.3 Å². The highest BCUT2D eigenvalue weighted by Crippen LogP contribution is 2.52. The molecule has 110 valence electrons. The summed E-state index contributed by atoms with van der Waals surface area (Å²) in [4.78, 5) is 12.5. The van der Waals surface area contributed by atoms with Crippen LogP contribution in [0.2, 0.25) is 0 Å². The molecule has 1 saturated heterocycles. The first-order valence-electron chi connectivity index (χ1n) is 6.41. The Labute approximate surface area is 138 Å². The first-order valence-corrected chi connectivity index (χ1v) is 8.82. The van der Waals surface area contributed by atoms with Gasteiger partial charge in [-0.25, -0.2) is 0 Å². The summed E-state index contributed by atoms with van der Waals surface area (Å²) in [7, 11) is 0. The van der Waals surface area contributed by atoms with E-state index < -0.39 is 11.7 Å². The van der Waals surface area contributed by atoms with Crippen LogP contribution in [0.5, 0.6) is 0 Å². The molecule has 1 aliphatic carbocycles. The zero-order chi connectivity index (χ0) is 14.5. The first kappa shape index (κ1) is 15.0. The molecule has 0 atom stereocenters. The molecule has 0 radical (unpaired) electrons. The molecule has 3 rings (SSSR count). The highest BCUT2D eigenvalue weighted by atomic mass is 79.9. The van der Waals surface area contributed by atoms with Gasteiger partial charge in [-0.15, -0.1) is 11.3 Å². The molecule has 0 saturated carbocycles. The van der Waals surface area contributed by atoms with Gasteiger partial charge in [0.05, 0.1) is 14.2 Å². The fourth-order valence-corrected chi connectivity index (χ4v) is 5.96. The summed E-state index contributed by atoms with van der Waals surface area (Å²) in [6, 6.07) is 0. The maximum atomic E-state index is 12.5. The fraction of sp³-hybridized carbons (Fsp3) is 0.615. The quantitative estimate of drug-likeness (QED) is 0.693. The average Bonchev–Trinajstić information content (AvgIpc) is 2.86. The van der Waals surface area contributed by atoms with Crippen molar-refractivity contribution < 1.29 is 19.0 Å². The van der Waals surface area contributed by atoms with Crippen molar-refractivity contribution in [1.29, 1.82) is 0 Å². The Bertz CT molecular complexity index is 524. The van der Waals surface area contributed by atoms with Gasteiger partial charge in [0.1, 0.15) is 5.41 Å². The maximum absolute atomic E-state index is 12.5. The monoisotopic (exact) mass is 424 g/mol. The Kier molecular flexibility index (Phi) is 4.01. The van der Waals surface area contributed by atoms with Gasteiger partial charge in [0.25, 0.3) is 0 Å². The second-order valence-corrected chi connectivity index (χ2v) is 8.66. The Balaban J connectivity index is 1.94. The molecule has 4 nitrogen and oxygen atoms in total. The van der Waals surface area contributed by atoms with Crippen molar-refractivity contribution in [2.45, 2.75) is 39.3 Å². The molecule has 20 heavy (non-hydrogen) atoms. The molecule has 0 unspecified atom stereocenters. The molecule has 2 aliphatic rings. The lowest BCUT2D eigenvalue weighted by Crippen LogP contribution is -2.55. The highest BCUT2D eigenvalue weighted by molar-refractivity contribution is 9.12. The molecule has 0 aromatic carbocycles. The Morgan fingerprint density at radius 1 is 1.35 bits per heavy atom. The van der Waals surface area contributed by atoms with Crippen molar-refractivity contribution in [1.82, 2.24) is 0 Å². The SMILES string of the molecule is CCOC(=O)C1(C2OC(C)O2)Cc2c(Br)sc(Br)c2C1. The normalized spacial score (nSPS) is 27.0. The minimum absolute atomic E-state index is 0.239. The van der Waals surface area contributed by atoms with Crippen LogP contribution >= 0.6 is 43.2 Å². The van der Waals surface area contributed by atoms with Gasteiger partial charge in [0, 0.05) is 0 Å². The number of esters is 1. The number of rotatable bonds is 3. The molecule has 1 fully saturated rings. The van der Waals surface area contributed by atoms with Crippen LogP contribution in [-0.2, 0) is 31.8 Å². The molecule has 7 heteroatoms. The fourth-order valence-electron chi connectivity index (χ4n) is 2.79. The number of fused-ring (bicyclic) bond motifs is 1.